The number of anilines is 6. The van der Waals surface area contributed by atoms with Crippen molar-refractivity contribution in [3.05, 3.63) is 324 Å². The standard InChI is InChI=1S/C86H62N2S/c1-85(2)75-51-57(37-43-69(75)71-45-41-63(53-77(71)85)87(79-29-13-21-59-17-5-9-25-65(59)79)80-30-14-22-60-18-6-10-26-66(60)80)35-33-55-39-47-83-73(49-55)74-50-56(40-48-84(74)89-83)34-36-58-38-44-70-72-46-42-64(54-78(72)86(3,4)76(70)52-58)88(81-31-15-23-61-19-7-11-27-67(61)81)82-32-16-24-62-20-8-12-28-68(62)82/h5-54H,1-4H3. The van der Waals surface area contributed by atoms with Crippen molar-refractivity contribution in [2.24, 2.45) is 0 Å². The van der Waals surface area contributed by atoms with Gasteiger partial charge in [0.25, 0.3) is 0 Å². The summed E-state index contributed by atoms with van der Waals surface area (Å²) < 4.78 is 2.60. The van der Waals surface area contributed by atoms with E-state index in [1.807, 2.05) is 11.3 Å². The number of thiophene rings is 1. The van der Waals surface area contributed by atoms with Crippen LogP contribution in [0, 0.1) is 0 Å². The first-order chi connectivity index (χ1) is 43.6. The van der Waals surface area contributed by atoms with Crippen LogP contribution in [0.4, 0.5) is 34.1 Å². The van der Waals surface area contributed by atoms with Crippen LogP contribution in [0.25, 0.3) is 110 Å². The molecule has 14 aromatic carbocycles. The maximum Gasteiger partial charge on any atom is 0.0540 e. The molecule has 0 saturated carbocycles. The molecule has 2 aliphatic rings. The maximum atomic E-state index is 2.47. The average Bonchev–Trinajstić information content (AvgIpc) is 1.65. The minimum Gasteiger partial charge on any atom is -0.309 e. The quantitative estimate of drug-likeness (QED) is 0.126. The van der Waals surface area contributed by atoms with Crippen LogP contribution in [0.1, 0.15) is 72.2 Å². The molecule has 3 heteroatoms. The Morgan fingerprint density at radius 2 is 0.539 bits per heavy atom. The number of nitrogens with zero attached hydrogens (tertiary/aromatic N) is 2. The first kappa shape index (κ1) is 52.7. The summed E-state index contributed by atoms with van der Waals surface area (Å²) >= 11 is 1.87. The van der Waals surface area contributed by atoms with E-state index in [2.05, 4.69) is 341 Å². The zero-order valence-corrected chi connectivity index (χ0v) is 51.0. The lowest BCUT2D eigenvalue weighted by Gasteiger charge is -2.30. The smallest absolute Gasteiger partial charge is 0.0540 e. The Morgan fingerprint density at radius 1 is 0.258 bits per heavy atom. The first-order valence-electron chi connectivity index (χ1n) is 31.0. The minimum atomic E-state index is -0.218. The van der Waals surface area contributed by atoms with E-state index in [0.717, 1.165) is 11.4 Å². The van der Waals surface area contributed by atoms with Crippen molar-refractivity contribution in [2.45, 2.75) is 38.5 Å². The molecule has 1 heterocycles. The van der Waals surface area contributed by atoms with E-state index in [4.69, 9.17) is 0 Å². The predicted molar refractivity (Wildman–Crippen MR) is 385 cm³/mol. The van der Waals surface area contributed by atoms with Gasteiger partial charge in [0, 0.05) is 63.9 Å². The van der Waals surface area contributed by atoms with Crippen molar-refractivity contribution in [1.82, 2.24) is 0 Å². The van der Waals surface area contributed by atoms with E-state index < -0.39 is 0 Å². The van der Waals surface area contributed by atoms with Gasteiger partial charge in [-0.3, -0.25) is 0 Å². The molecule has 0 fully saturated rings. The summed E-state index contributed by atoms with van der Waals surface area (Å²) in [6, 6.07) is 104. The molecule has 0 spiro atoms. The highest BCUT2D eigenvalue weighted by molar-refractivity contribution is 7.25. The van der Waals surface area contributed by atoms with Gasteiger partial charge < -0.3 is 9.80 Å². The first-order valence-corrected chi connectivity index (χ1v) is 31.9. The summed E-state index contributed by atoms with van der Waals surface area (Å²) in [5.41, 5.74) is 22.0. The lowest BCUT2D eigenvalue weighted by Crippen LogP contribution is -2.17. The Kier molecular flexibility index (Phi) is 12.2. The molecule has 0 radical (unpaired) electrons. The van der Waals surface area contributed by atoms with Crippen molar-refractivity contribution in [3.63, 3.8) is 0 Å². The van der Waals surface area contributed by atoms with Gasteiger partial charge in [0.2, 0.25) is 0 Å². The van der Waals surface area contributed by atoms with Gasteiger partial charge in [-0.1, -0.05) is 258 Å². The second-order valence-electron chi connectivity index (χ2n) is 25.3. The molecule has 0 amide bonds. The van der Waals surface area contributed by atoms with Crippen LogP contribution in [0.2, 0.25) is 0 Å². The normalized spacial score (nSPS) is 13.7. The largest absolute Gasteiger partial charge is 0.309 e. The van der Waals surface area contributed by atoms with Crippen LogP contribution >= 0.6 is 11.3 Å². The SMILES string of the molecule is CC1(C)c2cc(C=Cc3ccc4sc5ccc(C=Cc6ccc7c(c6)C(C)(C)c6cc(N(c8cccc9ccccc89)c8cccc9ccccc89)ccc6-7)cc5c4c3)ccc2-c2ccc(N(c3cccc4ccccc34)c3cccc4ccccc34)cc21. The molecule has 89 heavy (non-hydrogen) atoms. The molecule has 0 N–H and O–H groups in total. The fraction of sp³-hybridized carbons (Fsp3) is 0.0698. The second kappa shape index (κ2) is 20.5. The van der Waals surface area contributed by atoms with Gasteiger partial charge in [0.15, 0.2) is 0 Å². The summed E-state index contributed by atoms with van der Waals surface area (Å²) in [5, 5.41) is 12.4. The molecule has 1 aromatic heterocycles. The van der Waals surface area contributed by atoms with Crippen molar-refractivity contribution in [1.29, 1.82) is 0 Å². The lowest BCUT2D eigenvalue weighted by atomic mass is 9.81. The molecule has 0 unspecified atom stereocenters. The fourth-order valence-electron chi connectivity index (χ4n) is 14.8. The van der Waals surface area contributed by atoms with E-state index in [9.17, 15) is 0 Å². The Labute approximate surface area is 523 Å². The zero-order chi connectivity index (χ0) is 59.5. The van der Waals surface area contributed by atoms with Gasteiger partial charge in [0.05, 0.1) is 22.7 Å². The molecule has 422 valence electrons. The Hall–Kier alpha value is -10.6. The second-order valence-corrected chi connectivity index (χ2v) is 26.3. The summed E-state index contributed by atoms with van der Waals surface area (Å²) in [6.07, 6.45) is 9.16. The number of fused-ring (bicyclic) bond motifs is 13. The molecular formula is C86H62N2S. The molecule has 2 aliphatic carbocycles. The van der Waals surface area contributed by atoms with Crippen molar-refractivity contribution >= 4 is 133 Å². The molecule has 17 rings (SSSR count). The summed E-state index contributed by atoms with van der Waals surface area (Å²) in [4.78, 5) is 4.95. The molecule has 0 bridgehead atoms. The summed E-state index contributed by atoms with van der Waals surface area (Å²) in [7, 11) is 0. The Balaban J connectivity index is 0.647. The number of rotatable bonds is 10. The van der Waals surface area contributed by atoms with Crippen molar-refractivity contribution in [3.8, 4) is 22.3 Å². The van der Waals surface area contributed by atoms with Gasteiger partial charge in [0.1, 0.15) is 0 Å². The van der Waals surface area contributed by atoms with Crippen LogP contribution in [-0.2, 0) is 10.8 Å². The monoisotopic (exact) mass is 1150 g/mol. The summed E-state index contributed by atoms with van der Waals surface area (Å²) in [6.45, 7) is 9.57. The Morgan fingerprint density at radius 3 is 0.888 bits per heavy atom. The zero-order valence-electron chi connectivity index (χ0n) is 50.2. The number of hydrogen-bond acceptors (Lipinski definition) is 3. The van der Waals surface area contributed by atoms with Crippen molar-refractivity contribution < 1.29 is 0 Å². The minimum absolute atomic E-state index is 0.218. The van der Waals surface area contributed by atoms with E-state index in [1.54, 1.807) is 0 Å². The highest BCUT2D eigenvalue weighted by Gasteiger charge is 2.38. The van der Waals surface area contributed by atoms with Gasteiger partial charge in [-0.25, -0.2) is 0 Å². The summed E-state index contributed by atoms with van der Waals surface area (Å²) in [5.74, 6) is 0. The fourth-order valence-corrected chi connectivity index (χ4v) is 15.9. The lowest BCUT2D eigenvalue weighted by molar-refractivity contribution is 0.660. The van der Waals surface area contributed by atoms with Crippen LogP contribution in [0.3, 0.4) is 0 Å². The molecular weight excluding hydrogens is 1090 g/mol. The van der Waals surface area contributed by atoms with Crippen LogP contribution in [-0.4, -0.2) is 0 Å². The average molecular weight is 1160 g/mol. The van der Waals surface area contributed by atoms with E-state index in [-0.39, 0.29) is 10.8 Å². The van der Waals surface area contributed by atoms with E-state index in [1.165, 1.54) is 153 Å². The number of hydrogen-bond donors (Lipinski definition) is 0. The molecule has 0 atom stereocenters. The van der Waals surface area contributed by atoms with E-state index >= 15 is 0 Å². The predicted octanol–water partition coefficient (Wildman–Crippen LogP) is 24.6. The van der Waals surface area contributed by atoms with Crippen LogP contribution in [0.5, 0.6) is 0 Å². The number of benzene rings is 14. The molecule has 15 aromatic rings. The van der Waals surface area contributed by atoms with Gasteiger partial charge in [-0.05, 0) is 161 Å². The van der Waals surface area contributed by atoms with E-state index in [0.29, 0.717) is 0 Å². The third kappa shape index (κ3) is 8.67. The molecule has 2 nitrogen and oxygen atoms in total. The van der Waals surface area contributed by atoms with Gasteiger partial charge in [-0.2, -0.15) is 0 Å². The highest BCUT2D eigenvalue weighted by Crippen LogP contribution is 2.54. The van der Waals surface area contributed by atoms with Crippen LogP contribution < -0.4 is 9.80 Å². The third-order valence-corrected chi connectivity index (χ3v) is 20.5. The topological polar surface area (TPSA) is 6.48 Å². The van der Waals surface area contributed by atoms with Crippen LogP contribution in [0.15, 0.2) is 279 Å². The van der Waals surface area contributed by atoms with Gasteiger partial charge in [-0.15, -0.1) is 11.3 Å². The molecule has 0 aliphatic heterocycles. The molecule has 0 saturated heterocycles. The third-order valence-electron chi connectivity index (χ3n) is 19.4. The Bertz CT molecular complexity index is 4960. The van der Waals surface area contributed by atoms with Gasteiger partial charge >= 0.3 is 0 Å². The maximum absolute atomic E-state index is 2.47. The highest BCUT2D eigenvalue weighted by atomic mass is 32.1. The van der Waals surface area contributed by atoms with Crippen molar-refractivity contribution in [2.75, 3.05) is 9.80 Å².